The summed E-state index contributed by atoms with van der Waals surface area (Å²) in [5.41, 5.74) is -0.108. The number of carbonyl (C=O) groups excluding carboxylic acids is 1. The molecule has 1 amide bonds. The lowest BCUT2D eigenvalue weighted by molar-refractivity contribution is -0.137. The van der Waals surface area contributed by atoms with Crippen molar-refractivity contribution in [2.75, 3.05) is 5.32 Å². The maximum absolute atomic E-state index is 12.7. The van der Waals surface area contributed by atoms with Crippen LogP contribution < -0.4 is 10.6 Å². The van der Waals surface area contributed by atoms with Crippen LogP contribution >= 0.6 is 23.8 Å². The average Bonchev–Trinajstić information content (AvgIpc) is 2.55. The SMILES string of the molecule is O=C(/C=C/c1ccccc1)NC(=S)Nc1cc(C(F)(F)F)ccc1Cl. The van der Waals surface area contributed by atoms with Gasteiger partial charge < -0.3 is 5.32 Å². The van der Waals surface area contributed by atoms with E-state index in [0.29, 0.717) is 0 Å². The van der Waals surface area contributed by atoms with E-state index in [-0.39, 0.29) is 15.8 Å². The molecular weight excluding hydrogens is 373 g/mol. The molecule has 0 aliphatic rings. The standard InChI is InChI=1S/C17H12ClF3N2OS/c18-13-8-7-12(17(19,20)21)10-14(13)22-16(25)23-15(24)9-6-11-4-2-1-3-5-11/h1-10H,(H2,22,23,24,25)/b9-6+. The van der Waals surface area contributed by atoms with Crippen LogP contribution in [-0.4, -0.2) is 11.0 Å². The number of hydrogen-bond donors (Lipinski definition) is 2. The van der Waals surface area contributed by atoms with Gasteiger partial charge in [-0.15, -0.1) is 0 Å². The Bertz CT molecular complexity index is 807. The molecule has 130 valence electrons. The van der Waals surface area contributed by atoms with Crippen molar-refractivity contribution in [3.05, 3.63) is 70.8 Å². The van der Waals surface area contributed by atoms with E-state index in [0.717, 1.165) is 23.8 Å². The molecule has 0 aliphatic heterocycles. The van der Waals surface area contributed by atoms with Crippen molar-refractivity contribution in [1.82, 2.24) is 5.32 Å². The maximum atomic E-state index is 12.7. The third-order valence-electron chi connectivity index (χ3n) is 3.01. The first-order chi connectivity index (χ1) is 11.8. The van der Waals surface area contributed by atoms with E-state index in [2.05, 4.69) is 10.6 Å². The van der Waals surface area contributed by atoms with E-state index in [9.17, 15) is 18.0 Å². The van der Waals surface area contributed by atoms with E-state index in [1.165, 1.54) is 6.08 Å². The molecule has 2 rings (SSSR count). The monoisotopic (exact) mass is 384 g/mol. The number of anilines is 1. The molecule has 0 spiro atoms. The number of rotatable bonds is 3. The molecule has 2 aromatic rings. The van der Waals surface area contributed by atoms with Gasteiger partial charge in [-0.05, 0) is 42.1 Å². The van der Waals surface area contributed by atoms with Crippen molar-refractivity contribution in [2.24, 2.45) is 0 Å². The van der Waals surface area contributed by atoms with E-state index in [1.807, 2.05) is 30.3 Å². The highest BCUT2D eigenvalue weighted by atomic mass is 35.5. The second kappa shape index (κ2) is 8.13. The van der Waals surface area contributed by atoms with Gasteiger partial charge in [0.2, 0.25) is 5.91 Å². The van der Waals surface area contributed by atoms with Crippen molar-refractivity contribution in [1.29, 1.82) is 0 Å². The van der Waals surface area contributed by atoms with Gasteiger partial charge in [-0.3, -0.25) is 10.1 Å². The van der Waals surface area contributed by atoms with Crippen molar-refractivity contribution < 1.29 is 18.0 Å². The lowest BCUT2D eigenvalue weighted by Crippen LogP contribution is -2.33. The number of benzene rings is 2. The Hall–Kier alpha value is -2.38. The smallest absolute Gasteiger partial charge is 0.331 e. The molecule has 2 N–H and O–H groups in total. The van der Waals surface area contributed by atoms with Gasteiger partial charge in [0.15, 0.2) is 5.11 Å². The minimum atomic E-state index is -4.51. The predicted molar refractivity (Wildman–Crippen MR) is 96.3 cm³/mol. The number of nitrogens with one attached hydrogen (secondary N) is 2. The van der Waals surface area contributed by atoms with E-state index in [4.69, 9.17) is 23.8 Å². The zero-order chi connectivity index (χ0) is 18.4. The van der Waals surface area contributed by atoms with Gasteiger partial charge in [0.05, 0.1) is 16.3 Å². The van der Waals surface area contributed by atoms with Crippen LogP contribution in [0.15, 0.2) is 54.6 Å². The Labute approximate surface area is 152 Å². The van der Waals surface area contributed by atoms with E-state index >= 15 is 0 Å². The predicted octanol–water partition coefficient (Wildman–Crippen LogP) is 4.89. The first-order valence-electron chi connectivity index (χ1n) is 6.97. The van der Waals surface area contributed by atoms with Gasteiger partial charge in [0.1, 0.15) is 0 Å². The van der Waals surface area contributed by atoms with Gasteiger partial charge in [-0.25, -0.2) is 0 Å². The normalized spacial score (nSPS) is 11.4. The van der Waals surface area contributed by atoms with Crippen LogP contribution in [0.5, 0.6) is 0 Å². The third-order valence-corrected chi connectivity index (χ3v) is 3.54. The molecule has 0 saturated heterocycles. The summed E-state index contributed by atoms with van der Waals surface area (Å²) in [6.45, 7) is 0. The summed E-state index contributed by atoms with van der Waals surface area (Å²) in [7, 11) is 0. The van der Waals surface area contributed by atoms with Gasteiger partial charge >= 0.3 is 6.18 Å². The van der Waals surface area contributed by atoms with Crippen molar-refractivity contribution in [3.63, 3.8) is 0 Å². The molecule has 0 saturated carbocycles. The van der Waals surface area contributed by atoms with Crippen LogP contribution in [0.2, 0.25) is 5.02 Å². The molecule has 8 heteroatoms. The van der Waals surface area contributed by atoms with Crippen molar-refractivity contribution in [3.8, 4) is 0 Å². The summed E-state index contributed by atoms with van der Waals surface area (Å²) in [4.78, 5) is 11.8. The highest BCUT2D eigenvalue weighted by Gasteiger charge is 2.31. The number of hydrogen-bond acceptors (Lipinski definition) is 2. The molecule has 0 radical (unpaired) electrons. The summed E-state index contributed by atoms with van der Waals surface area (Å²) in [6.07, 6.45) is -1.67. The number of halogens is 4. The number of alkyl halides is 3. The van der Waals surface area contributed by atoms with Gasteiger partial charge in [0, 0.05) is 6.08 Å². The van der Waals surface area contributed by atoms with Crippen LogP contribution in [0.3, 0.4) is 0 Å². The summed E-state index contributed by atoms with van der Waals surface area (Å²) < 4.78 is 38.2. The molecule has 0 unspecified atom stereocenters. The molecule has 2 aromatic carbocycles. The number of thiocarbonyl (C=S) groups is 1. The van der Waals surface area contributed by atoms with Gasteiger partial charge in [0.25, 0.3) is 0 Å². The van der Waals surface area contributed by atoms with Crippen LogP contribution in [-0.2, 0) is 11.0 Å². The van der Waals surface area contributed by atoms with Crippen molar-refractivity contribution in [2.45, 2.75) is 6.18 Å². The molecule has 0 heterocycles. The summed E-state index contributed by atoms with van der Waals surface area (Å²) in [6, 6.07) is 11.9. The first kappa shape index (κ1) is 19.0. The topological polar surface area (TPSA) is 41.1 Å². The Morgan fingerprint density at radius 3 is 2.44 bits per heavy atom. The zero-order valence-electron chi connectivity index (χ0n) is 12.6. The van der Waals surface area contributed by atoms with Gasteiger partial charge in [-0.1, -0.05) is 41.9 Å². The molecule has 0 aromatic heterocycles. The fraction of sp³-hybridized carbons (Fsp3) is 0.0588. The van der Waals surface area contributed by atoms with Crippen molar-refractivity contribution >= 4 is 46.6 Å². The molecule has 0 atom stereocenters. The molecular formula is C17H12ClF3N2OS. The largest absolute Gasteiger partial charge is 0.416 e. The van der Waals surface area contributed by atoms with Crippen LogP contribution in [0, 0.1) is 0 Å². The molecule has 0 bridgehead atoms. The highest BCUT2D eigenvalue weighted by Crippen LogP contribution is 2.33. The first-order valence-corrected chi connectivity index (χ1v) is 7.76. The number of amides is 1. The lowest BCUT2D eigenvalue weighted by atomic mass is 10.2. The average molecular weight is 385 g/mol. The lowest BCUT2D eigenvalue weighted by Gasteiger charge is -2.13. The molecule has 25 heavy (non-hydrogen) atoms. The minimum absolute atomic E-state index is 0.0458. The molecule has 0 aliphatic carbocycles. The van der Waals surface area contributed by atoms with Gasteiger partial charge in [-0.2, -0.15) is 13.2 Å². The van der Waals surface area contributed by atoms with E-state index < -0.39 is 17.6 Å². The van der Waals surface area contributed by atoms with Crippen LogP contribution in [0.1, 0.15) is 11.1 Å². The minimum Gasteiger partial charge on any atom is -0.331 e. The number of carbonyl (C=O) groups is 1. The zero-order valence-corrected chi connectivity index (χ0v) is 14.2. The third kappa shape index (κ3) is 5.88. The summed E-state index contributed by atoms with van der Waals surface area (Å²) >= 11 is 10.8. The van der Waals surface area contributed by atoms with Crippen LogP contribution in [0.4, 0.5) is 18.9 Å². The fourth-order valence-electron chi connectivity index (χ4n) is 1.84. The van der Waals surface area contributed by atoms with E-state index in [1.54, 1.807) is 6.08 Å². The Morgan fingerprint density at radius 2 is 1.80 bits per heavy atom. The second-order valence-electron chi connectivity index (χ2n) is 4.88. The fourth-order valence-corrected chi connectivity index (χ4v) is 2.22. The summed E-state index contributed by atoms with van der Waals surface area (Å²) in [5.74, 6) is -0.524. The quantitative estimate of drug-likeness (QED) is 0.585. The Balaban J connectivity index is 2.00. The Kier molecular flexibility index (Phi) is 6.17. The Morgan fingerprint density at radius 1 is 1.12 bits per heavy atom. The second-order valence-corrected chi connectivity index (χ2v) is 5.70. The van der Waals surface area contributed by atoms with Crippen LogP contribution in [0.25, 0.3) is 6.08 Å². The molecule has 0 fully saturated rings. The summed E-state index contributed by atoms with van der Waals surface area (Å²) in [5, 5.41) is 4.71. The molecule has 3 nitrogen and oxygen atoms in total. The maximum Gasteiger partial charge on any atom is 0.416 e. The highest BCUT2D eigenvalue weighted by molar-refractivity contribution is 7.80.